The van der Waals surface area contributed by atoms with Crippen molar-refractivity contribution in [3.05, 3.63) is 47.6 Å². The fourth-order valence-corrected chi connectivity index (χ4v) is 4.67. The number of rotatable bonds is 6. The Labute approximate surface area is 124 Å². The summed E-state index contributed by atoms with van der Waals surface area (Å²) >= 11 is 1.90. The van der Waals surface area contributed by atoms with Gasteiger partial charge in [0, 0.05) is 0 Å². The van der Waals surface area contributed by atoms with Crippen molar-refractivity contribution in [3.8, 4) is 0 Å². The monoisotopic (exact) mass is 300 g/mol. The average molecular weight is 301 g/mol. The van der Waals surface area contributed by atoms with E-state index in [4.69, 9.17) is 0 Å². The fraction of sp³-hybridized carbons (Fsp3) is 0.556. The van der Waals surface area contributed by atoms with Crippen LogP contribution < -0.4 is 0 Å². The second-order valence-corrected chi connectivity index (χ2v) is 7.42. The first-order chi connectivity index (χ1) is 9.11. The molecule has 0 saturated heterocycles. The van der Waals surface area contributed by atoms with Gasteiger partial charge < -0.3 is 0 Å². The third-order valence-electron chi connectivity index (χ3n) is 4.11. The van der Waals surface area contributed by atoms with Gasteiger partial charge in [-0.05, 0) is 0 Å². The molecule has 2 aliphatic rings. The summed E-state index contributed by atoms with van der Waals surface area (Å²) in [5.41, 5.74) is 2.99. The van der Waals surface area contributed by atoms with Crippen LogP contribution in [0.15, 0.2) is 47.6 Å². The van der Waals surface area contributed by atoms with E-state index in [1.165, 1.54) is 24.0 Å². The van der Waals surface area contributed by atoms with Crippen molar-refractivity contribution in [1.82, 2.24) is 0 Å². The van der Waals surface area contributed by atoms with Crippen LogP contribution in [0.25, 0.3) is 0 Å². The van der Waals surface area contributed by atoms with Crippen molar-refractivity contribution in [3.63, 3.8) is 0 Å². The Balaban J connectivity index is 2.24. The summed E-state index contributed by atoms with van der Waals surface area (Å²) < 4.78 is 0.441. The first-order valence-corrected chi connectivity index (χ1v) is 8.52. The molecule has 0 saturated carbocycles. The Kier molecular flexibility index (Phi) is 4.56. The summed E-state index contributed by atoms with van der Waals surface area (Å²) in [6.45, 7) is 9.11. The normalized spacial score (nSPS) is 33.1. The minimum atomic E-state index is 0.221. The van der Waals surface area contributed by atoms with Gasteiger partial charge in [0.1, 0.15) is 0 Å². The van der Waals surface area contributed by atoms with E-state index in [0.717, 1.165) is 12.8 Å². The molecule has 0 aromatic carbocycles. The van der Waals surface area contributed by atoms with Gasteiger partial charge in [0.25, 0.3) is 0 Å². The Hall–Kier alpha value is -0.546. The summed E-state index contributed by atoms with van der Waals surface area (Å²) in [6, 6.07) is 0. The molecule has 0 aromatic heterocycles. The molecule has 0 spiro atoms. The first kappa shape index (κ1) is 14.9. The van der Waals surface area contributed by atoms with Crippen molar-refractivity contribution in [2.24, 2.45) is 0 Å². The predicted molar refractivity (Wildman–Crippen MR) is 81.0 cm³/mol. The molecule has 0 heterocycles. The third-order valence-corrected chi connectivity index (χ3v) is 6.34. The van der Waals surface area contributed by atoms with Crippen LogP contribution in [0.5, 0.6) is 0 Å². The van der Waals surface area contributed by atoms with Gasteiger partial charge in [-0.25, -0.2) is 0 Å². The van der Waals surface area contributed by atoms with Crippen molar-refractivity contribution in [2.45, 2.75) is 62.1 Å². The Morgan fingerprint density at radius 1 is 0.789 bits per heavy atom. The molecule has 2 aliphatic carbocycles. The van der Waals surface area contributed by atoms with E-state index in [2.05, 4.69) is 64.2 Å². The van der Waals surface area contributed by atoms with Crippen LogP contribution in [-0.2, 0) is 14.4 Å². The van der Waals surface area contributed by atoms with Gasteiger partial charge in [0.15, 0.2) is 0 Å². The second-order valence-electron chi connectivity index (χ2n) is 5.34. The maximum absolute atomic E-state index is 2.50. The van der Waals surface area contributed by atoms with Gasteiger partial charge in [0.05, 0.1) is 0 Å². The standard InChI is InChI=1S/2C9H13.Ni/c2*1-3-8-5-6-9(4-2)7-8;/h2*5-7H,3-4H2,1-2H3;. The van der Waals surface area contributed by atoms with Crippen molar-refractivity contribution >= 4 is 0 Å². The molecule has 2 atom stereocenters. The molecule has 0 amide bonds. The molecule has 0 fully saturated rings. The summed E-state index contributed by atoms with van der Waals surface area (Å²) in [7, 11) is 0. The zero-order valence-electron chi connectivity index (χ0n) is 12.6. The average Bonchev–Trinajstić information content (AvgIpc) is 3.04. The van der Waals surface area contributed by atoms with Gasteiger partial charge in [-0.2, -0.15) is 0 Å². The Morgan fingerprint density at radius 2 is 1.21 bits per heavy atom. The molecule has 2 unspecified atom stereocenters. The topological polar surface area (TPSA) is 0 Å². The molecule has 2 rings (SSSR count). The summed E-state index contributed by atoms with van der Waals surface area (Å²) in [5.74, 6) is 0. The van der Waals surface area contributed by atoms with Crippen molar-refractivity contribution in [2.75, 3.05) is 0 Å². The second kappa shape index (κ2) is 5.84. The number of hydrogen-bond donors (Lipinski definition) is 0. The molecule has 0 radical (unpaired) electrons. The van der Waals surface area contributed by atoms with E-state index < -0.39 is 0 Å². The number of hydrogen-bond acceptors (Lipinski definition) is 0. The molecule has 0 aliphatic heterocycles. The zero-order chi connectivity index (χ0) is 13.9. The van der Waals surface area contributed by atoms with E-state index in [0.29, 0.717) is 0 Å². The van der Waals surface area contributed by atoms with Crippen LogP contribution in [-0.4, -0.2) is 0 Å². The molecule has 0 aromatic rings. The summed E-state index contributed by atoms with van der Waals surface area (Å²) in [6.07, 6.45) is 19.1. The van der Waals surface area contributed by atoms with Gasteiger partial charge in [-0.3, -0.25) is 0 Å². The van der Waals surface area contributed by atoms with Crippen LogP contribution in [0.2, 0.25) is 8.77 Å². The fourth-order valence-electron chi connectivity index (χ4n) is 2.63. The van der Waals surface area contributed by atoms with Crippen molar-refractivity contribution < 1.29 is 14.4 Å². The minimum absolute atomic E-state index is 0.221. The van der Waals surface area contributed by atoms with E-state index >= 15 is 0 Å². The van der Waals surface area contributed by atoms with E-state index in [9.17, 15) is 0 Å². The van der Waals surface area contributed by atoms with Crippen LogP contribution >= 0.6 is 0 Å². The summed E-state index contributed by atoms with van der Waals surface area (Å²) in [5, 5.41) is 0. The molecular weight excluding hydrogens is 275 g/mol. The van der Waals surface area contributed by atoms with E-state index in [1.807, 2.05) is 14.4 Å². The number of allylic oxidation sites excluding steroid dienone is 8. The summed E-state index contributed by atoms with van der Waals surface area (Å²) in [4.78, 5) is 0. The third kappa shape index (κ3) is 2.97. The van der Waals surface area contributed by atoms with Crippen molar-refractivity contribution in [1.29, 1.82) is 0 Å². The van der Waals surface area contributed by atoms with Gasteiger partial charge in [-0.15, -0.1) is 0 Å². The maximum atomic E-state index is 2.50. The molecular formula is C18H26Ni. The molecule has 0 nitrogen and oxygen atoms in total. The first-order valence-electron chi connectivity index (χ1n) is 7.53. The SMILES string of the molecule is CCC1=C[C](CC)([Ni][C]2(CC)C=CC(CC)=C2)C=C1. The zero-order valence-corrected chi connectivity index (χ0v) is 13.6. The molecule has 0 N–H and O–H groups in total. The Morgan fingerprint density at radius 3 is 1.47 bits per heavy atom. The van der Waals surface area contributed by atoms with Crippen LogP contribution in [0.4, 0.5) is 0 Å². The Bertz CT molecular complexity index is 410. The molecule has 19 heavy (non-hydrogen) atoms. The quantitative estimate of drug-likeness (QED) is 0.526. The van der Waals surface area contributed by atoms with Crippen LogP contribution in [0.1, 0.15) is 53.4 Å². The van der Waals surface area contributed by atoms with Gasteiger partial charge >= 0.3 is 124 Å². The van der Waals surface area contributed by atoms with Crippen LogP contribution in [0, 0.1) is 0 Å². The molecule has 0 bridgehead atoms. The predicted octanol–water partition coefficient (Wildman–Crippen LogP) is 6.02. The van der Waals surface area contributed by atoms with E-state index in [-0.39, 0.29) is 8.77 Å². The van der Waals surface area contributed by atoms with Crippen LogP contribution in [0.3, 0.4) is 0 Å². The molecule has 108 valence electrons. The van der Waals surface area contributed by atoms with E-state index in [1.54, 1.807) is 0 Å². The van der Waals surface area contributed by atoms with Gasteiger partial charge in [-0.1, -0.05) is 0 Å². The van der Waals surface area contributed by atoms with Gasteiger partial charge in [0.2, 0.25) is 0 Å². The molecule has 1 heteroatoms.